The zero-order valence-electron chi connectivity index (χ0n) is 10.1. The lowest BCUT2D eigenvalue weighted by atomic mass is 10.3. The molecule has 0 unspecified atom stereocenters. The zero-order chi connectivity index (χ0) is 12.7. The van der Waals surface area contributed by atoms with Crippen LogP contribution in [0.4, 0.5) is 5.69 Å². The minimum Gasteiger partial charge on any atom is -0.494 e. The normalized spacial score (nSPS) is 11.4. The molecule has 1 aromatic rings. The van der Waals surface area contributed by atoms with E-state index in [1.165, 1.54) is 0 Å². The summed E-state index contributed by atoms with van der Waals surface area (Å²) in [6.07, 6.45) is 1.19. The van der Waals surface area contributed by atoms with Gasteiger partial charge < -0.3 is 10.5 Å². The van der Waals surface area contributed by atoms with Gasteiger partial charge in [0.25, 0.3) is 0 Å². The van der Waals surface area contributed by atoms with E-state index in [1.54, 1.807) is 24.3 Å². The van der Waals surface area contributed by atoms with Crippen LogP contribution in [-0.2, 0) is 9.84 Å². The van der Waals surface area contributed by atoms with Crippen molar-refractivity contribution in [1.29, 1.82) is 0 Å². The molecule has 1 rings (SSSR count). The molecule has 96 valence electrons. The minimum atomic E-state index is -2.89. The van der Waals surface area contributed by atoms with Gasteiger partial charge in [0.05, 0.1) is 12.4 Å². The molecule has 0 aromatic heterocycles. The molecule has 0 fully saturated rings. The van der Waals surface area contributed by atoms with Crippen LogP contribution in [0.25, 0.3) is 0 Å². The van der Waals surface area contributed by atoms with E-state index in [2.05, 4.69) is 0 Å². The first-order valence-corrected chi connectivity index (χ1v) is 7.54. The first kappa shape index (κ1) is 13.8. The number of anilines is 1. The highest BCUT2D eigenvalue weighted by Gasteiger charge is 2.08. The largest absolute Gasteiger partial charge is 0.494 e. The molecule has 0 saturated heterocycles. The van der Waals surface area contributed by atoms with Gasteiger partial charge in [0.1, 0.15) is 15.6 Å². The Kier molecular flexibility index (Phi) is 5.28. The summed E-state index contributed by atoms with van der Waals surface area (Å²) in [7, 11) is -2.89. The molecule has 4 nitrogen and oxygen atoms in total. The molecule has 0 bridgehead atoms. The first-order valence-electron chi connectivity index (χ1n) is 5.72. The number of hydrogen-bond donors (Lipinski definition) is 1. The molecule has 5 heteroatoms. The van der Waals surface area contributed by atoms with E-state index in [0.717, 1.165) is 0 Å². The van der Waals surface area contributed by atoms with Gasteiger partial charge in [-0.05, 0) is 37.1 Å². The standard InChI is InChI=1S/C12H19NO3S/c1-2-9-17(14,15)10-3-8-16-12-6-4-11(13)5-7-12/h4-7H,2-3,8-10,13H2,1H3. The van der Waals surface area contributed by atoms with Crippen molar-refractivity contribution in [3.63, 3.8) is 0 Å². The molecule has 17 heavy (non-hydrogen) atoms. The Hall–Kier alpha value is -1.23. The van der Waals surface area contributed by atoms with Gasteiger partial charge in [-0.15, -0.1) is 0 Å². The highest BCUT2D eigenvalue weighted by Crippen LogP contribution is 2.13. The average molecular weight is 257 g/mol. The van der Waals surface area contributed by atoms with Crippen molar-refractivity contribution in [1.82, 2.24) is 0 Å². The van der Waals surface area contributed by atoms with Crippen LogP contribution in [-0.4, -0.2) is 26.5 Å². The van der Waals surface area contributed by atoms with Gasteiger partial charge in [0, 0.05) is 11.4 Å². The number of hydrogen-bond acceptors (Lipinski definition) is 4. The van der Waals surface area contributed by atoms with Crippen molar-refractivity contribution in [3.05, 3.63) is 24.3 Å². The van der Waals surface area contributed by atoms with Crippen LogP contribution in [0.15, 0.2) is 24.3 Å². The van der Waals surface area contributed by atoms with Crippen molar-refractivity contribution in [2.75, 3.05) is 23.8 Å². The zero-order valence-corrected chi connectivity index (χ0v) is 10.9. The van der Waals surface area contributed by atoms with Crippen molar-refractivity contribution in [2.45, 2.75) is 19.8 Å². The number of benzene rings is 1. The number of rotatable bonds is 7. The number of nitrogen functional groups attached to an aromatic ring is 1. The van der Waals surface area contributed by atoms with Crippen LogP contribution in [0.5, 0.6) is 5.75 Å². The number of ether oxygens (including phenoxy) is 1. The van der Waals surface area contributed by atoms with Crippen molar-refractivity contribution < 1.29 is 13.2 Å². The summed E-state index contributed by atoms with van der Waals surface area (Å²) < 4.78 is 28.2. The lowest BCUT2D eigenvalue weighted by Gasteiger charge is -2.06. The van der Waals surface area contributed by atoms with E-state index >= 15 is 0 Å². The van der Waals surface area contributed by atoms with Crippen molar-refractivity contribution in [2.24, 2.45) is 0 Å². The maximum Gasteiger partial charge on any atom is 0.150 e. The summed E-state index contributed by atoms with van der Waals surface area (Å²) in [5.41, 5.74) is 6.22. The molecule has 0 spiro atoms. The van der Waals surface area contributed by atoms with Gasteiger partial charge >= 0.3 is 0 Å². The topological polar surface area (TPSA) is 69.4 Å². The maximum atomic E-state index is 11.4. The second-order valence-corrected chi connectivity index (χ2v) is 6.23. The van der Waals surface area contributed by atoms with Crippen molar-refractivity contribution in [3.8, 4) is 5.75 Å². The molecule has 2 N–H and O–H groups in total. The third-order valence-corrected chi connectivity index (χ3v) is 4.20. The molecular weight excluding hydrogens is 238 g/mol. The Morgan fingerprint density at radius 3 is 2.41 bits per heavy atom. The molecule has 1 aromatic carbocycles. The molecule has 0 saturated carbocycles. The van der Waals surface area contributed by atoms with E-state index in [4.69, 9.17) is 10.5 Å². The van der Waals surface area contributed by atoms with Crippen LogP contribution in [0.2, 0.25) is 0 Å². The molecule has 0 aliphatic heterocycles. The van der Waals surface area contributed by atoms with Gasteiger partial charge in [-0.3, -0.25) is 0 Å². The van der Waals surface area contributed by atoms with Gasteiger partial charge in [-0.25, -0.2) is 8.42 Å². The Bertz CT molecular complexity index is 426. The lowest BCUT2D eigenvalue weighted by Crippen LogP contribution is -2.13. The fourth-order valence-electron chi connectivity index (χ4n) is 1.45. The van der Waals surface area contributed by atoms with Crippen molar-refractivity contribution >= 4 is 15.5 Å². The smallest absolute Gasteiger partial charge is 0.150 e. The Morgan fingerprint density at radius 1 is 1.18 bits per heavy atom. The van der Waals surface area contributed by atoms with Crippen LogP contribution >= 0.6 is 0 Å². The van der Waals surface area contributed by atoms with E-state index in [-0.39, 0.29) is 11.5 Å². The third-order valence-electron chi connectivity index (χ3n) is 2.26. The highest BCUT2D eigenvalue weighted by atomic mass is 32.2. The van der Waals surface area contributed by atoms with E-state index in [1.807, 2.05) is 6.92 Å². The van der Waals surface area contributed by atoms with Crippen LogP contribution < -0.4 is 10.5 Å². The summed E-state index contributed by atoms with van der Waals surface area (Å²) >= 11 is 0. The Morgan fingerprint density at radius 2 is 1.82 bits per heavy atom. The van der Waals surface area contributed by atoms with E-state index < -0.39 is 9.84 Å². The fraction of sp³-hybridized carbons (Fsp3) is 0.500. The highest BCUT2D eigenvalue weighted by molar-refractivity contribution is 7.91. The summed E-state index contributed by atoms with van der Waals surface area (Å²) in [6, 6.07) is 7.05. The third kappa shape index (κ3) is 5.58. The maximum absolute atomic E-state index is 11.4. The Balaban J connectivity index is 2.27. The second-order valence-electron chi connectivity index (χ2n) is 3.92. The average Bonchev–Trinajstić information content (AvgIpc) is 2.27. The second kappa shape index (κ2) is 6.49. The summed E-state index contributed by atoms with van der Waals surface area (Å²) in [4.78, 5) is 0. The molecule has 0 aliphatic carbocycles. The number of nitrogens with two attached hydrogens (primary N) is 1. The summed E-state index contributed by atoms with van der Waals surface area (Å²) in [5.74, 6) is 1.16. The SMILES string of the molecule is CCCS(=O)(=O)CCCOc1ccc(N)cc1. The predicted octanol–water partition coefficient (Wildman–Crippen LogP) is 1.86. The predicted molar refractivity (Wildman–Crippen MR) is 69.9 cm³/mol. The monoisotopic (exact) mass is 257 g/mol. The van der Waals surface area contributed by atoms with Gasteiger partial charge in [-0.2, -0.15) is 0 Å². The Labute approximate surface area is 103 Å². The summed E-state index contributed by atoms with van der Waals surface area (Å²) in [5, 5.41) is 0. The van der Waals surface area contributed by atoms with E-state index in [0.29, 0.717) is 30.9 Å². The minimum absolute atomic E-state index is 0.190. The molecule has 0 aliphatic rings. The summed E-state index contributed by atoms with van der Waals surface area (Å²) in [6.45, 7) is 2.27. The number of sulfone groups is 1. The molecule has 0 radical (unpaired) electrons. The molecular formula is C12H19NO3S. The van der Waals surface area contributed by atoms with Crippen LogP contribution in [0, 0.1) is 0 Å². The van der Waals surface area contributed by atoms with E-state index in [9.17, 15) is 8.42 Å². The fourth-order valence-corrected chi connectivity index (χ4v) is 2.83. The van der Waals surface area contributed by atoms with Gasteiger partial charge in [0.2, 0.25) is 0 Å². The molecule has 0 atom stereocenters. The van der Waals surface area contributed by atoms with Crippen LogP contribution in [0.1, 0.15) is 19.8 Å². The quantitative estimate of drug-likeness (QED) is 0.598. The van der Waals surface area contributed by atoms with Gasteiger partial charge in [-0.1, -0.05) is 6.92 Å². The van der Waals surface area contributed by atoms with Gasteiger partial charge in [0.15, 0.2) is 0 Å². The first-order chi connectivity index (χ1) is 8.03. The molecule has 0 amide bonds. The lowest BCUT2D eigenvalue weighted by molar-refractivity contribution is 0.317. The van der Waals surface area contributed by atoms with Crippen LogP contribution in [0.3, 0.4) is 0 Å². The molecule has 0 heterocycles.